The van der Waals surface area contributed by atoms with Crippen molar-refractivity contribution in [2.24, 2.45) is 0 Å². The molecule has 0 atom stereocenters. The Balaban J connectivity index is 1.84. The number of imidazole rings is 1. The quantitative estimate of drug-likeness (QED) is 0.521. The average molecular weight is 392 g/mol. The summed E-state index contributed by atoms with van der Waals surface area (Å²) >= 11 is 0. The monoisotopic (exact) mass is 392 g/mol. The van der Waals surface area contributed by atoms with Crippen LogP contribution in [0.15, 0.2) is 36.7 Å². The molecule has 7 nitrogen and oxygen atoms in total. The normalized spacial score (nSPS) is 12.0. The smallest absolute Gasteiger partial charge is 0.390 e. The molecule has 0 aliphatic carbocycles. The highest BCUT2D eigenvalue weighted by molar-refractivity contribution is 5.56. The van der Waals surface area contributed by atoms with Crippen LogP contribution in [-0.2, 0) is 19.2 Å². The lowest BCUT2D eigenvalue weighted by molar-refractivity contribution is -0.144. The van der Waals surface area contributed by atoms with Gasteiger partial charge in [-0.2, -0.15) is 18.3 Å². The van der Waals surface area contributed by atoms with Gasteiger partial charge in [0.1, 0.15) is 11.5 Å². The van der Waals surface area contributed by atoms with Gasteiger partial charge in [-0.15, -0.1) is 0 Å². The van der Waals surface area contributed by atoms with E-state index in [1.807, 2.05) is 5.10 Å². The molecule has 3 heterocycles. The van der Waals surface area contributed by atoms with Crippen LogP contribution in [0.5, 0.6) is 0 Å². The second kappa shape index (κ2) is 6.68. The molecule has 0 saturated heterocycles. The van der Waals surface area contributed by atoms with Crippen LogP contribution >= 0.6 is 0 Å². The van der Waals surface area contributed by atoms with Crippen LogP contribution in [0.25, 0.3) is 17.2 Å². The fourth-order valence-electron chi connectivity index (χ4n) is 2.74. The van der Waals surface area contributed by atoms with Gasteiger partial charge < -0.3 is 9.51 Å². The summed E-state index contributed by atoms with van der Waals surface area (Å²) in [5, 5.41) is 14.7. The second-order valence-electron chi connectivity index (χ2n) is 5.97. The highest BCUT2D eigenvalue weighted by atomic mass is 19.4. The van der Waals surface area contributed by atoms with Crippen LogP contribution in [0.1, 0.15) is 22.8 Å². The number of nitrogens with one attached hydrogen (secondary N) is 1. The van der Waals surface area contributed by atoms with Crippen molar-refractivity contribution in [1.29, 1.82) is 0 Å². The van der Waals surface area contributed by atoms with Gasteiger partial charge in [-0.1, -0.05) is 18.2 Å². The average Bonchev–Trinajstić information content (AvgIpc) is 3.30. The van der Waals surface area contributed by atoms with E-state index in [1.54, 1.807) is 18.2 Å². The number of aliphatic hydroxyl groups excluding tert-OH is 1. The molecule has 11 heteroatoms. The first-order valence-corrected chi connectivity index (χ1v) is 8.07. The molecule has 0 amide bonds. The standard InChI is InChI=1S/C17H12F4N6O/c18-11-4-2-1-3-9(11)5-12-15-22-10(8-28)6-27(15)7-13(23-12)14-24-16(26-25-14)17(19,20)21/h1-4,6-7,28H,5,8H2,(H,24,25,26). The number of aliphatic hydroxyl groups is 1. The summed E-state index contributed by atoms with van der Waals surface area (Å²) in [6.07, 6.45) is -1.73. The van der Waals surface area contributed by atoms with Gasteiger partial charge in [0.05, 0.1) is 18.0 Å². The number of nitrogens with zero attached hydrogens (tertiary/aromatic N) is 5. The zero-order valence-corrected chi connectivity index (χ0v) is 14.1. The molecule has 0 saturated carbocycles. The van der Waals surface area contributed by atoms with Crippen LogP contribution in [-0.4, -0.2) is 34.7 Å². The summed E-state index contributed by atoms with van der Waals surface area (Å²) < 4.78 is 53.9. The third-order valence-corrected chi connectivity index (χ3v) is 4.02. The zero-order chi connectivity index (χ0) is 19.9. The van der Waals surface area contributed by atoms with Gasteiger partial charge in [0.2, 0.25) is 11.6 Å². The number of halogens is 4. The third kappa shape index (κ3) is 3.31. The van der Waals surface area contributed by atoms with Gasteiger partial charge in [-0.05, 0) is 11.6 Å². The molecule has 0 unspecified atom stereocenters. The van der Waals surface area contributed by atoms with E-state index in [2.05, 4.69) is 20.1 Å². The first-order chi connectivity index (χ1) is 13.3. The van der Waals surface area contributed by atoms with Gasteiger partial charge in [-0.3, -0.25) is 5.10 Å². The molecule has 28 heavy (non-hydrogen) atoms. The minimum Gasteiger partial charge on any atom is -0.390 e. The van der Waals surface area contributed by atoms with E-state index in [0.717, 1.165) is 0 Å². The summed E-state index contributed by atoms with van der Waals surface area (Å²) in [5.74, 6) is -1.95. The van der Waals surface area contributed by atoms with Crippen LogP contribution in [0.4, 0.5) is 17.6 Å². The van der Waals surface area contributed by atoms with Crippen LogP contribution in [0.2, 0.25) is 0 Å². The highest BCUT2D eigenvalue weighted by Gasteiger charge is 2.35. The maximum atomic E-state index is 14.1. The van der Waals surface area contributed by atoms with Crippen LogP contribution in [0.3, 0.4) is 0 Å². The number of rotatable bonds is 4. The lowest BCUT2D eigenvalue weighted by Gasteiger charge is -2.07. The van der Waals surface area contributed by atoms with Gasteiger partial charge in [0.25, 0.3) is 0 Å². The number of benzene rings is 1. The van der Waals surface area contributed by atoms with E-state index in [1.165, 1.54) is 22.9 Å². The molecule has 144 valence electrons. The molecule has 1 aromatic carbocycles. The highest BCUT2D eigenvalue weighted by Crippen LogP contribution is 2.28. The number of aromatic nitrogens is 6. The molecule has 4 rings (SSSR count). The molecule has 0 bridgehead atoms. The number of hydrogen-bond donors (Lipinski definition) is 2. The van der Waals surface area contributed by atoms with Crippen molar-refractivity contribution in [3.63, 3.8) is 0 Å². The summed E-state index contributed by atoms with van der Waals surface area (Å²) in [5.41, 5.74) is 1.38. The Labute approximate surface area is 154 Å². The molecule has 3 aromatic heterocycles. The predicted molar refractivity (Wildman–Crippen MR) is 88.5 cm³/mol. The fourth-order valence-corrected chi connectivity index (χ4v) is 2.74. The van der Waals surface area contributed by atoms with Crippen molar-refractivity contribution in [1.82, 2.24) is 29.5 Å². The number of fused-ring (bicyclic) bond motifs is 1. The number of H-pyrrole nitrogens is 1. The Kier molecular flexibility index (Phi) is 4.30. The van der Waals surface area contributed by atoms with E-state index in [0.29, 0.717) is 22.6 Å². The zero-order valence-electron chi connectivity index (χ0n) is 14.1. The third-order valence-electron chi connectivity index (χ3n) is 4.02. The predicted octanol–water partition coefficient (Wildman–Crippen LogP) is 2.76. The van der Waals surface area contributed by atoms with Gasteiger partial charge in [0, 0.05) is 18.8 Å². The van der Waals surface area contributed by atoms with Crippen molar-refractivity contribution in [2.45, 2.75) is 19.2 Å². The SMILES string of the molecule is OCc1cn2cc(-c3n[nH]c(C(F)(F)F)n3)nc(Cc3ccccc3F)c2n1. The van der Waals surface area contributed by atoms with E-state index in [9.17, 15) is 22.7 Å². The molecule has 0 aliphatic rings. The molecular formula is C17H12F4N6O. The van der Waals surface area contributed by atoms with Crippen molar-refractivity contribution >= 4 is 5.65 Å². The Bertz CT molecular complexity index is 1150. The Morgan fingerprint density at radius 3 is 2.54 bits per heavy atom. The maximum absolute atomic E-state index is 14.1. The van der Waals surface area contributed by atoms with Crippen molar-refractivity contribution < 1.29 is 22.7 Å². The van der Waals surface area contributed by atoms with Gasteiger partial charge in [-0.25, -0.2) is 19.3 Å². The molecule has 0 aliphatic heterocycles. The molecule has 0 spiro atoms. The van der Waals surface area contributed by atoms with E-state index in [-0.39, 0.29) is 24.5 Å². The minimum absolute atomic E-state index is 0.0441. The van der Waals surface area contributed by atoms with Gasteiger partial charge in [0.15, 0.2) is 5.65 Å². The topological polar surface area (TPSA) is 92.0 Å². The van der Waals surface area contributed by atoms with Crippen molar-refractivity contribution in [2.75, 3.05) is 0 Å². The fraction of sp³-hybridized carbons (Fsp3) is 0.176. The second-order valence-corrected chi connectivity index (χ2v) is 5.97. The van der Waals surface area contributed by atoms with Gasteiger partial charge >= 0.3 is 6.18 Å². The lowest BCUT2D eigenvalue weighted by Crippen LogP contribution is -2.07. The lowest BCUT2D eigenvalue weighted by atomic mass is 10.1. The van der Waals surface area contributed by atoms with E-state index < -0.39 is 17.8 Å². The Hall–Kier alpha value is -3.34. The summed E-state index contributed by atoms with van der Waals surface area (Å²) in [7, 11) is 0. The first kappa shape index (κ1) is 18.0. The Morgan fingerprint density at radius 2 is 1.86 bits per heavy atom. The van der Waals surface area contributed by atoms with E-state index >= 15 is 0 Å². The summed E-state index contributed by atoms with van der Waals surface area (Å²) in [4.78, 5) is 12.0. The molecular weight excluding hydrogens is 380 g/mol. The molecule has 4 aromatic rings. The molecule has 2 N–H and O–H groups in total. The first-order valence-electron chi connectivity index (χ1n) is 8.07. The number of hydrogen-bond acceptors (Lipinski definition) is 5. The largest absolute Gasteiger partial charge is 0.451 e. The maximum Gasteiger partial charge on any atom is 0.451 e. The van der Waals surface area contributed by atoms with Crippen molar-refractivity contribution in [3.8, 4) is 11.5 Å². The van der Waals surface area contributed by atoms with Crippen LogP contribution < -0.4 is 0 Å². The molecule has 0 radical (unpaired) electrons. The summed E-state index contributed by atoms with van der Waals surface area (Å²) in [6.45, 7) is -0.338. The van der Waals surface area contributed by atoms with Crippen LogP contribution in [0, 0.1) is 5.82 Å². The Morgan fingerprint density at radius 1 is 1.07 bits per heavy atom. The number of aromatic amines is 1. The minimum atomic E-state index is -4.68. The number of alkyl halides is 3. The van der Waals surface area contributed by atoms with Crippen molar-refractivity contribution in [3.05, 3.63) is 65.3 Å². The van der Waals surface area contributed by atoms with E-state index in [4.69, 9.17) is 0 Å². The summed E-state index contributed by atoms with van der Waals surface area (Å²) in [6, 6.07) is 6.08. The molecule has 0 fully saturated rings.